The van der Waals surface area contributed by atoms with E-state index in [0.717, 1.165) is 45.6 Å². The van der Waals surface area contributed by atoms with Crippen LogP contribution in [0.15, 0.2) is 194 Å². The molecule has 2 aliphatic rings. The first-order valence-electron chi connectivity index (χ1n) is 39.5. The van der Waals surface area contributed by atoms with Gasteiger partial charge in [-0.25, -0.2) is 0 Å². The number of para-hydroxylation sites is 4. The molecule has 5 heteroatoms. The normalized spacial score (nSPS) is 14.3. The molecule has 0 amide bonds. The maximum atomic E-state index is 7.20. The van der Waals surface area contributed by atoms with Gasteiger partial charge in [-0.1, -0.05) is 317 Å². The first-order chi connectivity index (χ1) is 49.3. The van der Waals surface area contributed by atoms with Crippen LogP contribution < -0.4 is 24.3 Å². The Morgan fingerprint density at radius 2 is 0.402 bits per heavy atom. The summed E-state index contributed by atoms with van der Waals surface area (Å²) in [5.41, 5.74) is 31.3. The Bertz CT molecular complexity index is 4380. The lowest BCUT2D eigenvalue weighted by molar-refractivity contribution is 0.483. The van der Waals surface area contributed by atoms with Gasteiger partial charge in [-0.15, -0.1) is 0 Å². The summed E-state index contributed by atoms with van der Waals surface area (Å²) >= 11 is 0. The number of nitrogens with zero attached hydrogens (tertiary/aromatic N) is 4. The van der Waals surface area contributed by atoms with E-state index in [4.69, 9.17) is 4.74 Å². The van der Waals surface area contributed by atoms with Crippen molar-refractivity contribution in [2.24, 2.45) is 0 Å². The van der Waals surface area contributed by atoms with Crippen molar-refractivity contribution in [3.63, 3.8) is 0 Å². The molecule has 0 bridgehead atoms. The Kier molecular flexibility index (Phi) is 19.7. The van der Waals surface area contributed by atoms with Crippen molar-refractivity contribution in [2.75, 3.05) is 32.9 Å². The fourth-order valence-corrected chi connectivity index (χ4v) is 15.0. The Labute approximate surface area is 646 Å². The molecule has 12 rings (SSSR count). The van der Waals surface area contributed by atoms with Crippen molar-refractivity contribution in [3.05, 3.63) is 250 Å². The molecule has 10 aromatic rings. The molecule has 0 saturated heterocycles. The van der Waals surface area contributed by atoms with Gasteiger partial charge in [0.2, 0.25) is 0 Å². The zero-order chi connectivity index (χ0) is 78.2. The summed E-state index contributed by atoms with van der Waals surface area (Å²) in [6.07, 6.45) is 0. The van der Waals surface area contributed by atoms with Gasteiger partial charge in [-0.3, -0.25) is 0 Å². The summed E-state index contributed by atoms with van der Waals surface area (Å²) in [6, 6.07) is 75.5. The van der Waals surface area contributed by atoms with Gasteiger partial charge in [0.15, 0.2) is 0 Å². The second-order valence-corrected chi connectivity index (χ2v) is 41.6. The third-order valence-corrected chi connectivity index (χ3v) is 22.4. The van der Waals surface area contributed by atoms with E-state index in [2.05, 4.69) is 421 Å². The number of benzene rings is 10. The summed E-state index contributed by atoms with van der Waals surface area (Å²) in [6.45, 7) is 71.9. The molecule has 0 atom stereocenters. The van der Waals surface area contributed by atoms with Crippen molar-refractivity contribution < 1.29 is 4.74 Å². The lowest BCUT2D eigenvalue weighted by Gasteiger charge is -2.32. The molecule has 0 aromatic heterocycles. The minimum absolute atomic E-state index is 0.0851. The van der Waals surface area contributed by atoms with Crippen LogP contribution in [0.5, 0.6) is 11.5 Å². The van der Waals surface area contributed by atoms with Gasteiger partial charge < -0.3 is 24.3 Å². The van der Waals surface area contributed by atoms with E-state index in [9.17, 15) is 0 Å². The van der Waals surface area contributed by atoms with Gasteiger partial charge in [-0.05, 0) is 205 Å². The highest BCUT2D eigenvalue weighted by Crippen LogP contribution is 2.56. The highest BCUT2D eigenvalue weighted by atomic mass is 16.5. The number of anilines is 8. The summed E-state index contributed by atoms with van der Waals surface area (Å²) < 4.78 is 7.20. The average molecular weight is 1420 g/mol. The van der Waals surface area contributed by atoms with E-state index >= 15 is 0 Å². The second kappa shape index (κ2) is 27.1. The fourth-order valence-electron chi connectivity index (χ4n) is 15.0. The van der Waals surface area contributed by atoms with Gasteiger partial charge >= 0.3 is 0 Å². The minimum Gasteiger partial charge on any atom is -0.457 e. The van der Waals surface area contributed by atoms with Gasteiger partial charge in [0.1, 0.15) is 24.8 Å². The molecule has 0 fully saturated rings. The van der Waals surface area contributed by atoms with Crippen LogP contribution in [0.3, 0.4) is 0 Å². The molecule has 0 radical (unpaired) electrons. The van der Waals surface area contributed by atoms with Crippen molar-refractivity contribution in [3.8, 4) is 56.0 Å². The van der Waals surface area contributed by atoms with E-state index in [1.165, 1.54) is 112 Å². The molecule has 0 spiro atoms. The number of hydrogen-bond acceptors (Lipinski definition) is 5. The molecule has 107 heavy (non-hydrogen) atoms. The van der Waals surface area contributed by atoms with Crippen LogP contribution in [0.25, 0.3) is 44.5 Å². The number of fused-ring (bicyclic) bond motifs is 2. The number of hydrogen-bond donors (Lipinski definition) is 0. The molecule has 0 aliphatic carbocycles. The fraction of sp³-hybridized carbons (Fsp3) is 0.412. The quantitative estimate of drug-likeness (QED) is 0.136. The minimum atomic E-state index is -0.153. The van der Waals surface area contributed by atoms with Gasteiger partial charge in [-0.2, -0.15) is 0 Å². The average Bonchev–Trinajstić information content (AvgIpc) is 0.868. The zero-order valence-electron chi connectivity index (χ0n) is 71.1. The van der Waals surface area contributed by atoms with E-state index < -0.39 is 0 Å². The highest BCUT2D eigenvalue weighted by Gasteiger charge is 2.38. The predicted molar refractivity (Wildman–Crippen MR) is 466 cm³/mol. The first-order valence-corrected chi connectivity index (χ1v) is 39.5. The monoisotopic (exact) mass is 1420 g/mol. The molecule has 0 N–H and O–H groups in total. The van der Waals surface area contributed by atoms with Crippen molar-refractivity contribution in [2.45, 2.75) is 262 Å². The number of ether oxygens (including phenoxy) is 1. The summed E-state index contributed by atoms with van der Waals surface area (Å²) in [4.78, 5) is 10.2. The Morgan fingerprint density at radius 1 is 0.206 bits per heavy atom. The molecule has 2 aliphatic heterocycles. The zero-order valence-corrected chi connectivity index (χ0v) is 71.1. The van der Waals surface area contributed by atoms with Crippen LogP contribution in [-0.4, -0.2) is 13.3 Å². The molecule has 0 unspecified atom stereocenters. The molecular weight excluding hydrogens is 1300 g/mol. The van der Waals surface area contributed by atoms with Gasteiger partial charge in [0.25, 0.3) is 0 Å². The molecule has 5 nitrogen and oxygen atoms in total. The topological polar surface area (TPSA) is 22.2 Å². The Morgan fingerprint density at radius 3 is 0.607 bits per heavy atom. The Balaban J connectivity index is 0.983. The standard InChI is InChI=1S/C102H126N4O/c1-93(2,3)69-45-65(46-70(53-69)94(4,5)6)83-57-77(101(25,26)27)58-84(66-47-71(95(7,8)9)54-72(48-66)96(10,11)12)91(83)105-63-103(87-41-31-33-43-89(87)105)79-37-35-39-81(61-79)107-82-40-36-38-80(62-82)104-64-106(90-44-34-32-42-88(90)104)92-85(67-49-73(97(13,14)15)55-74(50-67)98(16,17)18)59-78(102(28,29)30)60-86(92)68-51-75(99(19,20)21)56-76(52-68)100(22,23)24/h31-62H,63-64H2,1-30H3. The molecule has 10 aromatic carbocycles. The summed E-state index contributed by atoms with van der Waals surface area (Å²) in [7, 11) is 0. The van der Waals surface area contributed by atoms with Crippen molar-refractivity contribution in [1.29, 1.82) is 0 Å². The molecular formula is C102H126N4O. The number of rotatable bonds is 10. The van der Waals surface area contributed by atoms with E-state index in [0.29, 0.717) is 13.3 Å². The molecule has 0 saturated carbocycles. The maximum Gasteiger partial charge on any atom is 0.129 e. The van der Waals surface area contributed by atoms with E-state index in [1.807, 2.05) is 0 Å². The second-order valence-electron chi connectivity index (χ2n) is 41.6. The Hall–Kier alpha value is -8.80. The van der Waals surface area contributed by atoms with Crippen LogP contribution in [0, 0.1) is 0 Å². The summed E-state index contributed by atoms with van der Waals surface area (Å²) in [5, 5.41) is 0. The largest absolute Gasteiger partial charge is 0.457 e. The third-order valence-electron chi connectivity index (χ3n) is 22.4. The van der Waals surface area contributed by atoms with Crippen LogP contribution in [0.4, 0.5) is 45.5 Å². The summed E-state index contributed by atoms with van der Waals surface area (Å²) in [5.74, 6) is 1.54. The van der Waals surface area contributed by atoms with E-state index in [-0.39, 0.29) is 54.1 Å². The van der Waals surface area contributed by atoms with Gasteiger partial charge in [0, 0.05) is 45.8 Å². The first kappa shape index (κ1) is 77.8. The van der Waals surface area contributed by atoms with Crippen LogP contribution in [-0.2, 0) is 54.1 Å². The lowest BCUT2D eigenvalue weighted by atomic mass is 9.76. The van der Waals surface area contributed by atoms with E-state index in [1.54, 1.807) is 0 Å². The van der Waals surface area contributed by atoms with Crippen molar-refractivity contribution in [1.82, 2.24) is 0 Å². The smallest absolute Gasteiger partial charge is 0.129 e. The van der Waals surface area contributed by atoms with Crippen LogP contribution >= 0.6 is 0 Å². The predicted octanol–water partition coefficient (Wildman–Crippen LogP) is 29.6. The van der Waals surface area contributed by atoms with Crippen LogP contribution in [0.2, 0.25) is 0 Å². The third kappa shape index (κ3) is 16.2. The molecule has 560 valence electrons. The van der Waals surface area contributed by atoms with Crippen molar-refractivity contribution >= 4 is 45.5 Å². The highest BCUT2D eigenvalue weighted by molar-refractivity contribution is 6.02. The SMILES string of the molecule is CC(C)(C)c1cc(-c2cc(C(C)(C)C)cc(-c3cc(C(C)(C)C)cc(C(C)(C)C)c3)c2N2CN(c3cccc(Oc4cccc(N5CN(c6c(-c7cc(C(C)(C)C)cc(C(C)(C)C)c7)cc(C(C)(C)C)cc6-c6cc(C(C)(C)C)cc(C(C)(C)C)c6)c6ccccc65)c4)c3)c3ccccc32)cc(C(C)(C)C)c1. The maximum absolute atomic E-state index is 7.20. The molecule has 2 heterocycles. The van der Waals surface area contributed by atoms with Gasteiger partial charge in [0.05, 0.1) is 34.1 Å². The van der Waals surface area contributed by atoms with Crippen LogP contribution in [0.1, 0.15) is 263 Å². The lowest BCUT2D eigenvalue weighted by Crippen LogP contribution is -2.25.